The van der Waals surface area contributed by atoms with Gasteiger partial charge in [-0.2, -0.15) is 5.26 Å². The number of ether oxygens (including phenoxy) is 1. The van der Waals surface area contributed by atoms with Crippen molar-refractivity contribution in [3.05, 3.63) is 72.1 Å². The fourth-order valence-electron chi connectivity index (χ4n) is 3.00. The maximum absolute atomic E-state index is 10.8. The third-order valence-electron chi connectivity index (χ3n) is 4.30. The molecular formula is C21H15N3O2. The number of nitrogens with zero attached hydrogens (tertiary/aromatic N) is 2. The Morgan fingerprint density at radius 3 is 2.46 bits per heavy atom. The number of aromatic nitrogens is 2. The number of nitrogens with one attached hydrogen (secondary N) is 1. The zero-order valence-corrected chi connectivity index (χ0v) is 14.0. The highest BCUT2D eigenvalue weighted by atomic mass is 16.5. The predicted octanol–water partition coefficient (Wildman–Crippen LogP) is 4.67. The van der Waals surface area contributed by atoms with Crippen molar-refractivity contribution in [2.75, 3.05) is 7.11 Å². The Labute approximate surface area is 149 Å². The SMILES string of the molecule is COc1cc2ccccc2cc1C(O)=C(C#N)c1nc2ccccc2[nH]1. The minimum absolute atomic E-state index is 0.0646. The van der Waals surface area contributed by atoms with Crippen molar-refractivity contribution in [3.63, 3.8) is 0 Å². The summed E-state index contributed by atoms with van der Waals surface area (Å²) >= 11 is 0. The van der Waals surface area contributed by atoms with Gasteiger partial charge in [0.25, 0.3) is 0 Å². The molecule has 26 heavy (non-hydrogen) atoms. The summed E-state index contributed by atoms with van der Waals surface area (Å²) in [5.41, 5.74) is 2.04. The zero-order valence-electron chi connectivity index (χ0n) is 14.0. The number of para-hydroxylation sites is 2. The summed E-state index contributed by atoms with van der Waals surface area (Å²) in [4.78, 5) is 7.49. The van der Waals surface area contributed by atoms with Gasteiger partial charge >= 0.3 is 0 Å². The summed E-state index contributed by atoms with van der Waals surface area (Å²) in [7, 11) is 1.54. The van der Waals surface area contributed by atoms with Crippen LogP contribution in [0.2, 0.25) is 0 Å². The smallest absolute Gasteiger partial charge is 0.153 e. The fraction of sp³-hybridized carbons (Fsp3) is 0.0476. The summed E-state index contributed by atoms with van der Waals surface area (Å²) in [5.74, 6) is 0.639. The van der Waals surface area contributed by atoms with E-state index < -0.39 is 0 Å². The van der Waals surface area contributed by atoms with Crippen LogP contribution >= 0.6 is 0 Å². The highest BCUT2D eigenvalue weighted by Gasteiger charge is 2.18. The lowest BCUT2D eigenvalue weighted by atomic mass is 10.0. The molecule has 1 heterocycles. The van der Waals surface area contributed by atoms with E-state index in [4.69, 9.17) is 4.74 Å². The molecule has 1 aromatic heterocycles. The molecule has 0 fully saturated rings. The second-order valence-corrected chi connectivity index (χ2v) is 5.84. The first kappa shape index (κ1) is 15.7. The quantitative estimate of drug-likeness (QED) is 0.419. The molecule has 5 heteroatoms. The lowest BCUT2D eigenvalue weighted by molar-refractivity contribution is 0.409. The van der Waals surface area contributed by atoms with Crippen molar-refractivity contribution < 1.29 is 9.84 Å². The van der Waals surface area contributed by atoms with Gasteiger partial charge in [0.2, 0.25) is 0 Å². The summed E-state index contributed by atoms with van der Waals surface area (Å²) in [5, 5.41) is 22.4. The largest absolute Gasteiger partial charge is 0.506 e. The van der Waals surface area contributed by atoms with Crippen LogP contribution in [0.15, 0.2) is 60.7 Å². The van der Waals surface area contributed by atoms with E-state index in [-0.39, 0.29) is 11.3 Å². The molecule has 0 aliphatic heterocycles. The van der Waals surface area contributed by atoms with Crippen LogP contribution in [0.4, 0.5) is 0 Å². The number of methoxy groups -OCH3 is 1. The van der Waals surface area contributed by atoms with Gasteiger partial charge in [-0.3, -0.25) is 0 Å². The molecule has 0 aliphatic carbocycles. The summed E-state index contributed by atoms with van der Waals surface area (Å²) in [6.45, 7) is 0. The minimum atomic E-state index is -0.172. The number of aromatic amines is 1. The zero-order chi connectivity index (χ0) is 18.1. The molecule has 0 amide bonds. The van der Waals surface area contributed by atoms with E-state index >= 15 is 0 Å². The second kappa shape index (κ2) is 6.26. The van der Waals surface area contributed by atoms with E-state index in [9.17, 15) is 10.4 Å². The van der Waals surface area contributed by atoms with Gasteiger partial charge in [-0.25, -0.2) is 4.98 Å². The first-order valence-corrected chi connectivity index (χ1v) is 8.07. The molecule has 126 valence electrons. The molecule has 3 aromatic carbocycles. The lowest BCUT2D eigenvalue weighted by Gasteiger charge is -2.11. The number of H-pyrrole nitrogens is 1. The highest BCUT2D eigenvalue weighted by Crippen LogP contribution is 2.33. The normalized spacial score (nSPS) is 12.0. The number of rotatable bonds is 3. The van der Waals surface area contributed by atoms with E-state index in [0.717, 1.165) is 21.8 Å². The topological polar surface area (TPSA) is 81.9 Å². The van der Waals surface area contributed by atoms with Gasteiger partial charge in [-0.15, -0.1) is 0 Å². The number of hydrogen-bond donors (Lipinski definition) is 2. The van der Waals surface area contributed by atoms with E-state index in [2.05, 4.69) is 16.0 Å². The monoisotopic (exact) mass is 341 g/mol. The minimum Gasteiger partial charge on any atom is -0.506 e. The standard InChI is InChI=1S/C21H15N3O2/c1-26-19-11-14-7-3-2-6-13(14)10-15(19)20(25)16(12-22)21-23-17-8-4-5-9-18(17)24-21/h2-11,25H,1H3,(H,23,24). The number of aliphatic hydroxyl groups excluding tert-OH is 1. The number of hydrogen-bond acceptors (Lipinski definition) is 4. The third kappa shape index (κ3) is 2.54. The molecule has 0 radical (unpaired) electrons. The summed E-state index contributed by atoms with van der Waals surface area (Å²) < 4.78 is 5.43. The maximum atomic E-state index is 10.8. The number of fused-ring (bicyclic) bond motifs is 2. The highest BCUT2D eigenvalue weighted by molar-refractivity contribution is 5.98. The second-order valence-electron chi connectivity index (χ2n) is 5.84. The molecule has 0 bridgehead atoms. The summed E-state index contributed by atoms with van der Waals surface area (Å²) in [6.07, 6.45) is 0. The molecule has 5 nitrogen and oxygen atoms in total. The molecule has 4 rings (SSSR count). The Kier molecular flexibility index (Phi) is 3.79. The van der Waals surface area contributed by atoms with Crippen LogP contribution in [-0.2, 0) is 0 Å². The molecule has 0 spiro atoms. The van der Waals surface area contributed by atoms with Crippen LogP contribution in [0.5, 0.6) is 5.75 Å². The molecule has 0 unspecified atom stereocenters. The Hall–Kier alpha value is -3.78. The Morgan fingerprint density at radius 2 is 1.77 bits per heavy atom. The molecule has 0 saturated heterocycles. The summed E-state index contributed by atoms with van der Waals surface area (Å²) in [6, 6.07) is 20.9. The molecule has 4 aromatic rings. The van der Waals surface area contributed by atoms with E-state index in [1.165, 1.54) is 7.11 Å². The average molecular weight is 341 g/mol. The molecular weight excluding hydrogens is 326 g/mol. The number of benzene rings is 3. The number of allylic oxidation sites excluding steroid dienone is 1. The van der Waals surface area contributed by atoms with Gasteiger partial charge in [-0.05, 0) is 35.0 Å². The van der Waals surface area contributed by atoms with Gasteiger partial charge in [0.05, 0.1) is 23.7 Å². The van der Waals surface area contributed by atoms with Crippen molar-refractivity contribution in [1.82, 2.24) is 9.97 Å². The average Bonchev–Trinajstić information content (AvgIpc) is 3.11. The number of imidazole rings is 1. The van der Waals surface area contributed by atoms with Gasteiger partial charge < -0.3 is 14.8 Å². The maximum Gasteiger partial charge on any atom is 0.153 e. The van der Waals surface area contributed by atoms with Gasteiger partial charge in [0, 0.05) is 0 Å². The molecule has 2 N–H and O–H groups in total. The van der Waals surface area contributed by atoms with Crippen LogP contribution in [0.3, 0.4) is 0 Å². The van der Waals surface area contributed by atoms with Crippen LogP contribution in [0, 0.1) is 11.3 Å². The van der Waals surface area contributed by atoms with Crippen molar-refractivity contribution in [1.29, 1.82) is 5.26 Å². The first-order valence-electron chi connectivity index (χ1n) is 8.07. The Balaban J connectivity index is 1.94. The van der Waals surface area contributed by atoms with Crippen LogP contribution in [0.1, 0.15) is 11.4 Å². The molecule has 0 saturated carbocycles. The van der Waals surface area contributed by atoms with Crippen molar-refractivity contribution in [3.8, 4) is 11.8 Å². The van der Waals surface area contributed by atoms with Gasteiger partial charge in [0.15, 0.2) is 5.82 Å². The fourth-order valence-corrected chi connectivity index (χ4v) is 3.00. The Morgan fingerprint density at radius 1 is 1.08 bits per heavy atom. The van der Waals surface area contributed by atoms with Crippen LogP contribution in [-0.4, -0.2) is 22.2 Å². The van der Waals surface area contributed by atoms with Crippen molar-refractivity contribution >= 4 is 33.1 Å². The van der Waals surface area contributed by atoms with Crippen LogP contribution < -0.4 is 4.74 Å². The third-order valence-corrected chi connectivity index (χ3v) is 4.30. The predicted molar refractivity (Wildman–Crippen MR) is 102 cm³/mol. The first-order chi connectivity index (χ1) is 12.7. The van der Waals surface area contributed by atoms with Crippen LogP contribution in [0.25, 0.3) is 33.1 Å². The van der Waals surface area contributed by atoms with Gasteiger partial charge in [0.1, 0.15) is 23.2 Å². The Bertz CT molecular complexity index is 1170. The number of aliphatic hydroxyl groups is 1. The molecule has 0 atom stereocenters. The lowest BCUT2D eigenvalue weighted by Crippen LogP contribution is -1.96. The van der Waals surface area contributed by atoms with E-state index in [0.29, 0.717) is 17.1 Å². The van der Waals surface area contributed by atoms with Crippen molar-refractivity contribution in [2.45, 2.75) is 0 Å². The van der Waals surface area contributed by atoms with E-state index in [1.807, 2.05) is 60.7 Å². The molecule has 0 aliphatic rings. The number of nitriles is 1. The van der Waals surface area contributed by atoms with Crippen molar-refractivity contribution in [2.24, 2.45) is 0 Å². The van der Waals surface area contributed by atoms with E-state index in [1.54, 1.807) is 0 Å². The van der Waals surface area contributed by atoms with Gasteiger partial charge in [-0.1, -0.05) is 36.4 Å².